The molecule has 0 bridgehead atoms. The predicted molar refractivity (Wildman–Crippen MR) is 60.5 cm³/mol. The summed E-state index contributed by atoms with van der Waals surface area (Å²) in [5, 5.41) is 3.48. The van der Waals surface area contributed by atoms with Crippen molar-refractivity contribution in [3.8, 4) is 0 Å². The molecule has 0 radical (unpaired) electrons. The zero-order valence-corrected chi connectivity index (χ0v) is 8.96. The second kappa shape index (κ2) is 4.01. The summed E-state index contributed by atoms with van der Waals surface area (Å²) in [6, 6.07) is 9.50. The van der Waals surface area contributed by atoms with Crippen LogP contribution in [0.4, 0.5) is 5.69 Å². The Morgan fingerprint density at radius 3 is 2.36 bits per heavy atom. The average molecular weight is 190 g/mol. The van der Waals surface area contributed by atoms with Crippen LogP contribution < -0.4 is 5.32 Å². The summed E-state index contributed by atoms with van der Waals surface area (Å²) >= 11 is 0. The summed E-state index contributed by atoms with van der Waals surface area (Å²) in [6.07, 6.45) is 2.67. The summed E-state index contributed by atoms with van der Waals surface area (Å²) in [6.45, 7) is 1.02. The molecule has 1 aliphatic carbocycles. The molecular weight excluding hydrogens is 172 g/mol. The van der Waals surface area contributed by atoms with Gasteiger partial charge in [-0.1, -0.05) is 12.1 Å². The number of rotatable bonds is 4. The molecule has 0 amide bonds. The van der Waals surface area contributed by atoms with Crippen molar-refractivity contribution in [3.05, 3.63) is 29.8 Å². The van der Waals surface area contributed by atoms with E-state index < -0.39 is 0 Å². The minimum Gasteiger partial charge on any atom is -0.382 e. The monoisotopic (exact) mass is 190 g/mol. The molecule has 14 heavy (non-hydrogen) atoms. The van der Waals surface area contributed by atoms with Gasteiger partial charge in [-0.05, 0) is 44.6 Å². The maximum atomic E-state index is 3.48. The smallest absolute Gasteiger partial charge is 0.0342 e. The molecular formula is C12H18N2. The summed E-state index contributed by atoms with van der Waals surface area (Å²) in [4.78, 5) is 2.18. The highest BCUT2D eigenvalue weighted by Crippen LogP contribution is 2.24. The van der Waals surface area contributed by atoms with Crippen LogP contribution in [0.5, 0.6) is 0 Å². The molecule has 0 unspecified atom stereocenters. The number of hydrogen-bond donors (Lipinski definition) is 1. The molecule has 76 valence electrons. The van der Waals surface area contributed by atoms with E-state index in [0.717, 1.165) is 12.6 Å². The fourth-order valence-corrected chi connectivity index (χ4v) is 1.53. The van der Waals surface area contributed by atoms with E-state index >= 15 is 0 Å². The van der Waals surface area contributed by atoms with Crippen LogP contribution in [-0.2, 0) is 6.54 Å². The molecule has 0 saturated heterocycles. The third kappa shape index (κ3) is 2.74. The Morgan fingerprint density at radius 2 is 1.86 bits per heavy atom. The van der Waals surface area contributed by atoms with Crippen LogP contribution in [-0.4, -0.2) is 25.0 Å². The largest absolute Gasteiger partial charge is 0.382 e. The molecule has 1 fully saturated rings. The lowest BCUT2D eigenvalue weighted by atomic mass is 10.2. The predicted octanol–water partition coefficient (Wildman–Crippen LogP) is 2.32. The van der Waals surface area contributed by atoms with Crippen molar-refractivity contribution in [2.45, 2.75) is 25.4 Å². The Morgan fingerprint density at radius 1 is 1.21 bits per heavy atom. The van der Waals surface area contributed by atoms with Crippen LogP contribution in [0, 0.1) is 0 Å². The maximum Gasteiger partial charge on any atom is 0.0342 e. The van der Waals surface area contributed by atoms with Crippen molar-refractivity contribution in [1.29, 1.82) is 0 Å². The first-order chi connectivity index (χ1) is 6.74. The molecule has 0 spiro atoms. The highest BCUT2D eigenvalue weighted by Gasteiger charge is 2.20. The zero-order chi connectivity index (χ0) is 9.97. The molecule has 2 rings (SSSR count). The van der Waals surface area contributed by atoms with E-state index in [1.807, 2.05) is 0 Å². The van der Waals surface area contributed by atoms with Crippen molar-refractivity contribution in [2.75, 3.05) is 19.4 Å². The van der Waals surface area contributed by atoms with E-state index in [1.54, 1.807) is 0 Å². The first-order valence-corrected chi connectivity index (χ1v) is 5.24. The zero-order valence-electron chi connectivity index (χ0n) is 8.96. The van der Waals surface area contributed by atoms with E-state index in [0.29, 0.717) is 0 Å². The quantitative estimate of drug-likeness (QED) is 0.784. The molecule has 0 atom stereocenters. The number of hydrogen-bond acceptors (Lipinski definition) is 2. The maximum absolute atomic E-state index is 3.48. The average Bonchev–Trinajstić information content (AvgIpc) is 2.91. The molecule has 2 heteroatoms. The van der Waals surface area contributed by atoms with Crippen LogP contribution in [0.1, 0.15) is 18.4 Å². The lowest BCUT2D eigenvalue weighted by Gasteiger charge is -2.10. The summed E-state index contributed by atoms with van der Waals surface area (Å²) < 4.78 is 0. The minimum atomic E-state index is 0.745. The minimum absolute atomic E-state index is 0.745. The summed E-state index contributed by atoms with van der Waals surface area (Å²) in [5.41, 5.74) is 2.63. The van der Waals surface area contributed by atoms with Crippen LogP contribution in [0.3, 0.4) is 0 Å². The molecule has 1 saturated carbocycles. The molecule has 1 aliphatic rings. The van der Waals surface area contributed by atoms with Crippen molar-refractivity contribution in [3.63, 3.8) is 0 Å². The molecule has 1 aromatic rings. The van der Waals surface area contributed by atoms with Crippen LogP contribution in [0.15, 0.2) is 24.3 Å². The number of nitrogens with zero attached hydrogens (tertiary/aromatic N) is 1. The lowest BCUT2D eigenvalue weighted by Crippen LogP contribution is -2.10. The first-order valence-electron chi connectivity index (χ1n) is 5.24. The number of anilines is 1. The van der Waals surface area contributed by atoms with Gasteiger partial charge in [0.05, 0.1) is 0 Å². The first kappa shape index (κ1) is 9.53. The van der Waals surface area contributed by atoms with Gasteiger partial charge in [0.1, 0.15) is 0 Å². The van der Waals surface area contributed by atoms with Gasteiger partial charge in [-0.15, -0.1) is 0 Å². The number of nitrogens with one attached hydrogen (secondary N) is 1. The Hall–Kier alpha value is -1.02. The van der Waals surface area contributed by atoms with Crippen LogP contribution >= 0.6 is 0 Å². The van der Waals surface area contributed by atoms with Crippen molar-refractivity contribution in [2.24, 2.45) is 0 Å². The van der Waals surface area contributed by atoms with Gasteiger partial charge in [-0.3, -0.25) is 0 Å². The van der Waals surface area contributed by atoms with Crippen molar-refractivity contribution < 1.29 is 0 Å². The fourth-order valence-electron chi connectivity index (χ4n) is 1.53. The molecule has 0 heterocycles. The van der Waals surface area contributed by atoms with Gasteiger partial charge in [-0.2, -0.15) is 0 Å². The van der Waals surface area contributed by atoms with Crippen LogP contribution in [0.2, 0.25) is 0 Å². The second-order valence-corrected chi connectivity index (χ2v) is 4.35. The number of benzene rings is 1. The molecule has 0 aromatic heterocycles. The summed E-state index contributed by atoms with van der Waals surface area (Å²) in [5.74, 6) is 0. The second-order valence-electron chi connectivity index (χ2n) is 4.35. The Labute approximate surface area is 85.9 Å². The third-order valence-corrected chi connectivity index (χ3v) is 2.40. The van der Waals surface area contributed by atoms with E-state index in [1.165, 1.54) is 24.1 Å². The molecule has 0 aliphatic heterocycles. The van der Waals surface area contributed by atoms with E-state index in [4.69, 9.17) is 0 Å². The van der Waals surface area contributed by atoms with Gasteiger partial charge in [0.25, 0.3) is 0 Å². The van der Waals surface area contributed by atoms with E-state index in [-0.39, 0.29) is 0 Å². The van der Waals surface area contributed by atoms with Gasteiger partial charge in [0.15, 0.2) is 0 Å². The topological polar surface area (TPSA) is 15.3 Å². The summed E-state index contributed by atoms with van der Waals surface area (Å²) in [7, 11) is 4.19. The molecule has 1 aromatic carbocycles. The normalized spacial score (nSPS) is 15.9. The van der Waals surface area contributed by atoms with E-state index in [2.05, 4.69) is 48.6 Å². The van der Waals surface area contributed by atoms with Gasteiger partial charge in [0, 0.05) is 18.3 Å². The lowest BCUT2D eigenvalue weighted by molar-refractivity contribution is 0.402. The third-order valence-electron chi connectivity index (χ3n) is 2.40. The van der Waals surface area contributed by atoms with Crippen LogP contribution in [0.25, 0.3) is 0 Å². The van der Waals surface area contributed by atoms with Crippen molar-refractivity contribution in [1.82, 2.24) is 4.90 Å². The van der Waals surface area contributed by atoms with Gasteiger partial charge in [-0.25, -0.2) is 0 Å². The molecule has 1 N–H and O–H groups in total. The fraction of sp³-hybridized carbons (Fsp3) is 0.500. The molecule has 2 nitrogen and oxygen atoms in total. The van der Waals surface area contributed by atoms with Gasteiger partial charge >= 0.3 is 0 Å². The van der Waals surface area contributed by atoms with E-state index in [9.17, 15) is 0 Å². The van der Waals surface area contributed by atoms with Gasteiger partial charge in [0.2, 0.25) is 0 Å². The SMILES string of the molecule is CN(C)Cc1ccc(NC2CC2)cc1. The van der Waals surface area contributed by atoms with Crippen molar-refractivity contribution >= 4 is 5.69 Å². The Bertz CT molecular complexity index is 263. The Balaban J connectivity index is 1.94. The highest BCUT2D eigenvalue weighted by atomic mass is 15.0. The van der Waals surface area contributed by atoms with Gasteiger partial charge < -0.3 is 10.2 Å². The standard InChI is InChI=1S/C12H18N2/c1-14(2)9-10-3-5-11(6-4-10)13-12-7-8-12/h3-6,12-13H,7-9H2,1-2H3. The highest BCUT2D eigenvalue weighted by molar-refractivity contribution is 5.46. The Kier molecular flexibility index (Phi) is 2.73.